The Morgan fingerprint density at radius 3 is 1.91 bits per heavy atom. The Kier molecular flexibility index (Phi) is 8.26. The second-order valence-electron chi connectivity index (χ2n) is 7.47. The van der Waals surface area contributed by atoms with Crippen molar-refractivity contribution in [1.29, 1.82) is 0 Å². The fraction of sp³-hybridized carbons (Fsp3) is 0.200. The van der Waals surface area contributed by atoms with Gasteiger partial charge in [0.1, 0.15) is 11.9 Å². The highest BCUT2D eigenvalue weighted by Crippen LogP contribution is 2.15. The number of hydrogen-bond donors (Lipinski definition) is 1. The zero-order valence-corrected chi connectivity index (χ0v) is 19.0. The van der Waals surface area contributed by atoms with Gasteiger partial charge in [0.15, 0.2) is 0 Å². The Balaban J connectivity index is 1.73. The van der Waals surface area contributed by atoms with Crippen LogP contribution in [0.3, 0.4) is 0 Å². The fourth-order valence-electron chi connectivity index (χ4n) is 3.19. The number of carbonyl (C=O) groups is 2. The number of amides is 2. The van der Waals surface area contributed by atoms with E-state index in [9.17, 15) is 14.0 Å². The Morgan fingerprint density at radius 1 is 0.844 bits per heavy atom. The van der Waals surface area contributed by atoms with Crippen LogP contribution in [0.25, 0.3) is 0 Å². The zero-order chi connectivity index (χ0) is 23.1. The molecule has 0 aliphatic heterocycles. The van der Waals surface area contributed by atoms with Crippen molar-refractivity contribution >= 4 is 35.0 Å². The van der Waals surface area contributed by atoms with Gasteiger partial charge >= 0.3 is 0 Å². The molecule has 0 aliphatic carbocycles. The molecule has 0 saturated carbocycles. The highest BCUT2D eigenvalue weighted by Gasteiger charge is 2.26. The van der Waals surface area contributed by atoms with Gasteiger partial charge < -0.3 is 10.2 Å². The highest BCUT2D eigenvalue weighted by atomic mass is 35.5. The fourth-order valence-corrected chi connectivity index (χ4v) is 3.44. The van der Waals surface area contributed by atoms with Gasteiger partial charge in [-0.3, -0.25) is 9.59 Å². The van der Waals surface area contributed by atoms with E-state index in [2.05, 4.69) is 5.32 Å². The number of nitrogens with zero attached hydrogens (tertiary/aromatic N) is 1. The first-order valence-corrected chi connectivity index (χ1v) is 10.9. The van der Waals surface area contributed by atoms with Gasteiger partial charge in [-0.25, -0.2) is 4.39 Å². The molecule has 0 fully saturated rings. The SMILES string of the molecule is C[C@H](C(=O)NCc1ccc(Cl)cc1)N(Cc1ccc(F)cc1)C(=O)Cc1ccc(Cl)cc1. The maximum absolute atomic E-state index is 13.3. The van der Waals surface area contributed by atoms with Crippen molar-refractivity contribution in [2.24, 2.45) is 0 Å². The van der Waals surface area contributed by atoms with Crippen molar-refractivity contribution < 1.29 is 14.0 Å². The molecule has 1 N–H and O–H groups in total. The van der Waals surface area contributed by atoms with Crippen LogP contribution in [0.2, 0.25) is 10.0 Å². The van der Waals surface area contributed by atoms with Crippen LogP contribution in [-0.2, 0) is 29.1 Å². The molecule has 32 heavy (non-hydrogen) atoms. The standard InChI is InChI=1S/C25H23Cl2FN2O2/c1-17(25(32)29-15-19-4-10-22(27)11-5-19)30(16-20-6-12-23(28)13-7-20)24(31)14-18-2-8-21(26)9-3-18/h2-13,17H,14-16H2,1H3,(H,29,32)/t17-/m1/s1. The number of rotatable bonds is 8. The van der Waals surface area contributed by atoms with Gasteiger partial charge in [0.2, 0.25) is 11.8 Å². The molecule has 7 heteroatoms. The number of hydrogen-bond acceptors (Lipinski definition) is 2. The van der Waals surface area contributed by atoms with Crippen molar-refractivity contribution in [2.75, 3.05) is 0 Å². The Bertz CT molecular complexity index is 1050. The zero-order valence-electron chi connectivity index (χ0n) is 17.5. The molecule has 0 heterocycles. The first kappa shape index (κ1) is 23.8. The van der Waals surface area contributed by atoms with Crippen molar-refractivity contribution in [1.82, 2.24) is 10.2 Å². The van der Waals surface area contributed by atoms with Crippen LogP contribution in [-0.4, -0.2) is 22.8 Å². The average Bonchev–Trinajstić information content (AvgIpc) is 2.79. The van der Waals surface area contributed by atoms with Gasteiger partial charge in [-0.2, -0.15) is 0 Å². The van der Waals surface area contributed by atoms with E-state index in [4.69, 9.17) is 23.2 Å². The van der Waals surface area contributed by atoms with Gasteiger partial charge in [-0.15, -0.1) is 0 Å². The van der Waals surface area contributed by atoms with Gasteiger partial charge in [0.25, 0.3) is 0 Å². The number of carbonyl (C=O) groups excluding carboxylic acids is 2. The van der Waals surface area contributed by atoms with Crippen molar-refractivity contribution in [2.45, 2.75) is 32.5 Å². The summed E-state index contributed by atoms with van der Waals surface area (Å²) < 4.78 is 13.3. The minimum atomic E-state index is -0.729. The molecule has 3 aromatic carbocycles. The third-order valence-corrected chi connectivity index (χ3v) is 5.59. The lowest BCUT2D eigenvalue weighted by Gasteiger charge is -2.29. The van der Waals surface area contributed by atoms with E-state index < -0.39 is 6.04 Å². The third-order valence-electron chi connectivity index (χ3n) is 5.08. The van der Waals surface area contributed by atoms with Gasteiger partial charge in [-0.1, -0.05) is 59.6 Å². The molecule has 0 aromatic heterocycles. The van der Waals surface area contributed by atoms with E-state index in [-0.39, 0.29) is 30.6 Å². The van der Waals surface area contributed by atoms with E-state index in [1.54, 1.807) is 55.5 Å². The van der Waals surface area contributed by atoms with E-state index in [1.165, 1.54) is 17.0 Å². The summed E-state index contributed by atoms with van der Waals surface area (Å²) in [5.41, 5.74) is 2.41. The minimum absolute atomic E-state index is 0.118. The van der Waals surface area contributed by atoms with E-state index in [0.29, 0.717) is 16.6 Å². The smallest absolute Gasteiger partial charge is 0.242 e. The summed E-state index contributed by atoms with van der Waals surface area (Å²) in [4.78, 5) is 27.5. The lowest BCUT2D eigenvalue weighted by atomic mass is 10.1. The maximum Gasteiger partial charge on any atom is 0.242 e. The Hall–Kier alpha value is -2.89. The van der Waals surface area contributed by atoms with Gasteiger partial charge in [0.05, 0.1) is 6.42 Å². The first-order valence-electron chi connectivity index (χ1n) is 10.1. The van der Waals surface area contributed by atoms with Gasteiger partial charge in [0, 0.05) is 23.1 Å². The Labute approximate surface area is 197 Å². The summed E-state index contributed by atoms with van der Waals surface area (Å²) in [7, 11) is 0. The molecule has 0 aliphatic rings. The predicted molar refractivity (Wildman–Crippen MR) is 125 cm³/mol. The third kappa shape index (κ3) is 6.81. The molecule has 0 saturated heterocycles. The first-order chi connectivity index (χ1) is 15.3. The van der Waals surface area contributed by atoms with Crippen LogP contribution in [0.5, 0.6) is 0 Å². The van der Waals surface area contributed by atoms with Crippen LogP contribution in [0, 0.1) is 5.82 Å². The monoisotopic (exact) mass is 472 g/mol. The summed E-state index contributed by atoms with van der Waals surface area (Å²) in [6, 6.07) is 19.3. The van der Waals surface area contributed by atoms with Crippen molar-refractivity contribution in [3.63, 3.8) is 0 Å². The normalized spacial score (nSPS) is 11.6. The summed E-state index contributed by atoms with van der Waals surface area (Å²) in [5, 5.41) is 4.07. The average molecular weight is 473 g/mol. The van der Waals surface area contributed by atoms with Crippen LogP contribution in [0.1, 0.15) is 23.6 Å². The number of halogens is 3. The molecule has 4 nitrogen and oxygen atoms in total. The maximum atomic E-state index is 13.3. The second-order valence-corrected chi connectivity index (χ2v) is 8.34. The molecular weight excluding hydrogens is 450 g/mol. The molecule has 0 spiro atoms. The van der Waals surface area contributed by atoms with E-state index in [0.717, 1.165) is 16.7 Å². The number of nitrogens with one attached hydrogen (secondary N) is 1. The van der Waals surface area contributed by atoms with Crippen LogP contribution in [0.15, 0.2) is 72.8 Å². The molecule has 3 rings (SSSR count). The topological polar surface area (TPSA) is 49.4 Å². The largest absolute Gasteiger partial charge is 0.350 e. The van der Waals surface area contributed by atoms with E-state index >= 15 is 0 Å². The Morgan fingerprint density at radius 2 is 1.34 bits per heavy atom. The predicted octanol–water partition coefficient (Wildman–Crippen LogP) is 5.41. The van der Waals surface area contributed by atoms with E-state index in [1.807, 2.05) is 12.1 Å². The van der Waals surface area contributed by atoms with Gasteiger partial charge in [-0.05, 0) is 60.0 Å². The second kappa shape index (κ2) is 11.1. The molecule has 166 valence electrons. The lowest BCUT2D eigenvalue weighted by Crippen LogP contribution is -2.48. The highest BCUT2D eigenvalue weighted by molar-refractivity contribution is 6.30. The summed E-state index contributed by atoms with van der Waals surface area (Å²) in [5.74, 6) is -0.862. The molecule has 1 atom stereocenters. The minimum Gasteiger partial charge on any atom is -0.350 e. The molecule has 3 aromatic rings. The van der Waals surface area contributed by atoms with Crippen molar-refractivity contribution in [3.8, 4) is 0 Å². The van der Waals surface area contributed by atoms with Crippen LogP contribution >= 0.6 is 23.2 Å². The molecule has 2 amide bonds. The lowest BCUT2D eigenvalue weighted by molar-refractivity contribution is -0.140. The molecule has 0 radical (unpaired) electrons. The summed E-state index contributed by atoms with van der Waals surface area (Å²) in [6.07, 6.45) is 0.118. The summed E-state index contributed by atoms with van der Waals surface area (Å²) >= 11 is 11.8. The molecule has 0 bridgehead atoms. The van der Waals surface area contributed by atoms with Crippen molar-refractivity contribution in [3.05, 3.63) is 105 Å². The molecular formula is C25H23Cl2FN2O2. The van der Waals surface area contributed by atoms with Crippen LogP contribution in [0.4, 0.5) is 4.39 Å². The quantitative estimate of drug-likeness (QED) is 0.476. The molecule has 0 unspecified atom stereocenters. The number of benzene rings is 3. The van der Waals surface area contributed by atoms with Crippen LogP contribution < -0.4 is 5.32 Å². The summed E-state index contributed by atoms with van der Waals surface area (Å²) in [6.45, 7) is 2.18.